The Morgan fingerprint density at radius 3 is 2.33 bits per heavy atom. The number of carbonyl (C=O) groups is 2. The van der Waals surface area contributed by atoms with Gasteiger partial charge in [-0.3, -0.25) is 4.79 Å². The fraction of sp³-hybridized carbons (Fsp3) is 0.333. The van der Waals surface area contributed by atoms with Crippen molar-refractivity contribution in [1.29, 1.82) is 0 Å². The average Bonchev–Trinajstić information content (AvgIpc) is 2.37. The summed E-state index contributed by atoms with van der Waals surface area (Å²) in [5.74, 6) is -1.96. The molecule has 21 heavy (non-hydrogen) atoms. The molecule has 1 aromatic carbocycles. The molecule has 0 aliphatic heterocycles. The molecule has 0 radical (unpaired) electrons. The van der Waals surface area contributed by atoms with Crippen molar-refractivity contribution in [3.8, 4) is 5.75 Å². The van der Waals surface area contributed by atoms with E-state index in [2.05, 4.69) is 5.32 Å². The Balaban J connectivity index is 2.65. The molecule has 1 amide bonds. The first-order valence-corrected chi connectivity index (χ1v) is 6.83. The van der Waals surface area contributed by atoms with Crippen LogP contribution in [0, 0.1) is 0 Å². The van der Waals surface area contributed by atoms with Crippen LogP contribution in [0.3, 0.4) is 0 Å². The lowest BCUT2D eigenvalue weighted by atomic mass is 10.2. The van der Waals surface area contributed by atoms with E-state index < -0.39 is 30.6 Å². The van der Waals surface area contributed by atoms with Crippen LogP contribution in [-0.2, 0) is 9.59 Å². The van der Waals surface area contributed by atoms with Gasteiger partial charge < -0.3 is 20.3 Å². The number of aliphatic hydroxyl groups is 1. The Morgan fingerprint density at radius 1 is 1.24 bits per heavy atom. The Labute approximate surface area is 135 Å². The molecule has 0 fully saturated rings. The zero-order chi connectivity index (χ0) is 16.2. The van der Waals surface area contributed by atoms with Gasteiger partial charge in [0.05, 0.1) is 21.2 Å². The second kappa shape index (κ2) is 7.70. The minimum Gasteiger partial charge on any atom is -0.482 e. The van der Waals surface area contributed by atoms with Gasteiger partial charge >= 0.3 is 5.97 Å². The summed E-state index contributed by atoms with van der Waals surface area (Å²) in [5, 5.41) is 20.8. The zero-order valence-corrected chi connectivity index (χ0v) is 13.0. The summed E-state index contributed by atoms with van der Waals surface area (Å²) in [6.07, 6.45) is -1.25. The van der Waals surface area contributed by atoms with E-state index in [0.29, 0.717) is 0 Å². The van der Waals surface area contributed by atoms with E-state index in [0.717, 1.165) is 0 Å². The maximum atomic E-state index is 11.6. The van der Waals surface area contributed by atoms with Gasteiger partial charge in [-0.1, -0.05) is 34.8 Å². The summed E-state index contributed by atoms with van der Waals surface area (Å²) in [6, 6.07) is 1.27. The van der Waals surface area contributed by atoms with Crippen LogP contribution in [0.5, 0.6) is 5.75 Å². The van der Waals surface area contributed by atoms with Crippen LogP contribution >= 0.6 is 34.8 Å². The monoisotopic (exact) mass is 355 g/mol. The molecular formula is C12H12Cl3NO5. The molecule has 1 aromatic rings. The minimum atomic E-state index is -1.43. The lowest BCUT2D eigenvalue weighted by Crippen LogP contribution is -2.49. The highest BCUT2D eigenvalue weighted by Crippen LogP contribution is 2.33. The van der Waals surface area contributed by atoms with Crippen LogP contribution in [-0.4, -0.2) is 40.8 Å². The highest BCUT2D eigenvalue weighted by molar-refractivity contribution is 6.43. The highest BCUT2D eigenvalue weighted by Gasteiger charge is 2.25. The predicted octanol–water partition coefficient (Wildman–Crippen LogP) is 1.98. The SMILES string of the molecule is C[C@@H](O)[C@H](NC(=O)COc1cc(Cl)c(Cl)cc1Cl)C(=O)O. The van der Waals surface area contributed by atoms with Gasteiger partial charge in [0, 0.05) is 6.07 Å². The van der Waals surface area contributed by atoms with Gasteiger partial charge in [0.1, 0.15) is 5.75 Å². The molecule has 0 saturated carbocycles. The number of hydrogen-bond donors (Lipinski definition) is 3. The van der Waals surface area contributed by atoms with Gasteiger partial charge in [0.25, 0.3) is 5.91 Å². The number of ether oxygens (including phenoxy) is 1. The van der Waals surface area contributed by atoms with Crippen molar-refractivity contribution in [2.75, 3.05) is 6.61 Å². The molecule has 0 saturated heterocycles. The molecule has 3 N–H and O–H groups in total. The highest BCUT2D eigenvalue weighted by atomic mass is 35.5. The van der Waals surface area contributed by atoms with Crippen LogP contribution in [0.15, 0.2) is 12.1 Å². The number of benzene rings is 1. The Kier molecular flexibility index (Phi) is 6.54. The number of carboxylic acid groups (broad SMARTS) is 1. The van der Waals surface area contributed by atoms with Gasteiger partial charge in [-0.15, -0.1) is 0 Å². The fourth-order valence-electron chi connectivity index (χ4n) is 1.36. The van der Waals surface area contributed by atoms with Crippen LogP contribution in [0.4, 0.5) is 0 Å². The Morgan fingerprint density at radius 2 is 1.81 bits per heavy atom. The van der Waals surface area contributed by atoms with E-state index in [4.69, 9.17) is 44.6 Å². The number of hydrogen-bond acceptors (Lipinski definition) is 4. The van der Waals surface area contributed by atoms with Crippen molar-refractivity contribution in [2.24, 2.45) is 0 Å². The smallest absolute Gasteiger partial charge is 0.328 e. The van der Waals surface area contributed by atoms with Crippen molar-refractivity contribution < 1.29 is 24.5 Å². The fourth-order valence-corrected chi connectivity index (χ4v) is 1.95. The second-order valence-electron chi connectivity index (χ2n) is 4.11. The van der Waals surface area contributed by atoms with E-state index in [9.17, 15) is 14.7 Å². The molecule has 6 nitrogen and oxygen atoms in total. The summed E-state index contributed by atoms with van der Waals surface area (Å²) in [7, 11) is 0. The van der Waals surface area contributed by atoms with Crippen LogP contribution in [0.25, 0.3) is 0 Å². The van der Waals surface area contributed by atoms with E-state index in [1.54, 1.807) is 0 Å². The lowest BCUT2D eigenvalue weighted by molar-refractivity contribution is -0.145. The summed E-state index contributed by atoms with van der Waals surface area (Å²) in [6.45, 7) is 0.754. The molecule has 0 aromatic heterocycles. The third kappa shape index (κ3) is 5.24. The van der Waals surface area contributed by atoms with Crippen molar-refractivity contribution in [3.05, 3.63) is 27.2 Å². The van der Waals surface area contributed by atoms with Crippen molar-refractivity contribution in [3.63, 3.8) is 0 Å². The second-order valence-corrected chi connectivity index (χ2v) is 5.33. The molecule has 0 bridgehead atoms. The predicted molar refractivity (Wildman–Crippen MR) is 78.2 cm³/mol. The molecule has 2 atom stereocenters. The third-order valence-electron chi connectivity index (χ3n) is 2.40. The molecule has 0 heterocycles. The Bertz CT molecular complexity index is 550. The first-order chi connectivity index (χ1) is 9.72. The molecular weight excluding hydrogens is 344 g/mol. The molecule has 0 unspecified atom stereocenters. The lowest BCUT2D eigenvalue weighted by Gasteiger charge is -2.17. The zero-order valence-electron chi connectivity index (χ0n) is 10.8. The van der Waals surface area contributed by atoms with Crippen LogP contribution in [0.2, 0.25) is 15.1 Å². The summed E-state index contributed by atoms with van der Waals surface area (Å²) >= 11 is 17.4. The number of aliphatic carboxylic acids is 1. The van der Waals surface area contributed by atoms with Crippen molar-refractivity contribution >= 4 is 46.7 Å². The first kappa shape index (κ1) is 17.8. The number of rotatable bonds is 6. The quantitative estimate of drug-likeness (QED) is 0.677. The van der Waals surface area contributed by atoms with Crippen LogP contribution < -0.4 is 10.1 Å². The number of aliphatic hydroxyl groups excluding tert-OH is 1. The minimum absolute atomic E-state index is 0.130. The average molecular weight is 357 g/mol. The summed E-state index contributed by atoms with van der Waals surface area (Å²) < 4.78 is 5.13. The summed E-state index contributed by atoms with van der Waals surface area (Å²) in [4.78, 5) is 22.4. The summed E-state index contributed by atoms with van der Waals surface area (Å²) in [5.41, 5.74) is 0. The molecule has 0 aliphatic carbocycles. The molecule has 0 spiro atoms. The van der Waals surface area contributed by atoms with E-state index >= 15 is 0 Å². The number of carbonyl (C=O) groups excluding carboxylic acids is 1. The maximum absolute atomic E-state index is 11.6. The molecule has 1 rings (SSSR count). The molecule has 0 aliphatic rings. The van der Waals surface area contributed by atoms with Gasteiger partial charge in [0.2, 0.25) is 0 Å². The van der Waals surface area contributed by atoms with Crippen molar-refractivity contribution in [2.45, 2.75) is 19.1 Å². The van der Waals surface area contributed by atoms with Gasteiger partial charge in [-0.25, -0.2) is 4.79 Å². The largest absolute Gasteiger partial charge is 0.482 e. The number of amides is 1. The van der Waals surface area contributed by atoms with E-state index in [-0.39, 0.29) is 20.8 Å². The van der Waals surface area contributed by atoms with Crippen LogP contribution in [0.1, 0.15) is 6.92 Å². The standard InChI is InChI=1S/C12H12Cl3NO5/c1-5(17)11(12(19)20)16-10(18)4-21-9-3-7(14)6(13)2-8(9)15/h2-3,5,11,17H,4H2,1H3,(H,16,18)(H,19,20)/t5-,11+/m1/s1. The van der Waals surface area contributed by atoms with Gasteiger partial charge in [-0.2, -0.15) is 0 Å². The third-order valence-corrected chi connectivity index (χ3v) is 3.42. The topological polar surface area (TPSA) is 95.9 Å². The molecule has 116 valence electrons. The first-order valence-electron chi connectivity index (χ1n) is 5.70. The van der Waals surface area contributed by atoms with E-state index in [1.165, 1.54) is 19.1 Å². The number of halogens is 3. The molecule has 9 heteroatoms. The normalized spacial score (nSPS) is 13.4. The Hall–Kier alpha value is -1.21. The van der Waals surface area contributed by atoms with Gasteiger partial charge in [-0.05, 0) is 13.0 Å². The number of carboxylic acids is 1. The van der Waals surface area contributed by atoms with Gasteiger partial charge in [0.15, 0.2) is 12.6 Å². The van der Waals surface area contributed by atoms with E-state index in [1.807, 2.05) is 0 Å². The maximum Gasteiger partial charge on any atom is 0.328 e. The van der Waals surface area contributed by atoms with Crippen molar-refractivity contribution in [1.82, 2.24) is 5.32 Å². The number of nitrogens with one attached hydrogen (secondary N) is 1.